The second kappa shape index (κ2) is 10.6. The second-order valence-electron chi connectivity index (χ2n) is 8.47. The molecule has 1 N–H and O–H groups in total. The Morgan fingerprint density at radius 1 is 0.793 bits per heavy atom. The van der Waals surface area contributed by atoms with Crippen molar-refractivity contribution in [1.82, 2.24) is 14.8 Å². The first-order chi connectivity index (χ1) is 14.4. The lowest BCUT2D eigenvalue weighted by atomic mass is 10.0. The first-order valence-corrected chi connectivity index (χ1v) is 11.4. The van der Waals surface area contributed by atoms with Gasteiger partial charge in [-0.1, -0.05) is 61.4 Å². The van der Waals surface area contributed by atoms with E-state index in [0.29, 0.717) is 6.04 Å². The van der Waals surface area contributed by atoms with E-state index in [2.05, 4.69) is 81.6 Å². The summed E-state index contributed by atoms with van der Waals surface area (Å²) in [5.74, 6) is 0. The molecule has 2 aromatic carbocycles. The van der Waals surface area contributed by atoms with Crippen LogP contribution in [0.3, 0.4) is 0 Å². The van der Waals surface area contributed by atoms with Crippen molar-refractivity contribution in [3.05, 3.63) is 72.4 Å². The first-order valence-electron chi connectivity index (χ1n) is 11.4. The fourth-order valence-electron chi connectivity index (χ4n) is 4.54. The number of nitrogens with zero attached hydrogens (tertiary/aromatic N) is 2. The van der Waals surface area contributed by atoms with Crippen LogP contribution in [0.15, 0.2) is 66.9 Å². The Labute approximate surface area is 175 Å². The van der Waals surface area contributed by atoms with E-state index >= 15 is 0 Å². The lowest BCUT2D eigenvalue weighted by Gasteiger charge is -2.32. The van der Waals surface area contributed by atoms with Gasteiger partial charge in [-0.2, -0.15) is 0 Å². The second-order valence-corrected chi connectivity index (χ2v) is 8.47. The Morgan fingerprint density at radius 2 is 1.55 bits per heavy atom. The van der Waals surface area contributed by atoms with Gasteiger partial charge in [-0.3, -0.25) is 4.90 Å². The van der Waals surface area contributed by atoms with Crippen molar-refractivity contribution >= 4 is 10.9 Å². The molecular weight excluding hydrogens is 354 g/mol. The van der Waals surface area contributed by atoms with Gasteiger partial charge in [-0.25, -0.2) is 0 Å². The number of unbranched alkanes of at least 4 members (excludes halogenated alkanes) is 3. The summed E-state index contributed by atoms with van der Waals surface area (Å²) in [6.07, 6.45) is 10.0. The van der Waals surface area contributed by atoms with Crippen LogP contribution in [0.25, 0.3) is 10.9 Å². The van der Waals surface area contributed by atoms with Gasteiger partial charge >= 0.3 is 0 Å². The lowest BCUT2D eigenvalue weighted by Crippen LogP contribution is -2.42. The largest absolute Gasteiger partial charge is 0.347 e. The summed E-state index contributed by atoms with van der Waals surface area (Å²) in [6.45, 7) is 5.86. The average molecular weight is 390 g/mol. The van der Waals surface area contributed by atoms with Gasteiger partial charge < -0.3 is 9.88 Å². The summed E-state index contributed by atoms with van der Waals surface area (Å²) in [6, 6.07) is 22.5. The molecule has 0 atom stereocenters. The number of para-hydroxylation sites is 1. The van der Waals surface area contributed by atoms with E-state index in [0.717, 1.165) is 13.1 Å². The Kier molecular flexibility index (Phi) is 7.39. The highest BCUT2D eigenvalue weighted by Gasteiger charge is 2.18. The lowest BCUT2D eigenvalue weighted by molar-refractivity contribution is 0.190. The molecular formula is C26H35N3. The predicted molar refractivity (Wildman–Crippen MR) is 123 cm³/mol. The Balaban J connectivity index is 1.05. The molecule has 4 rings (SSSR count). The summed E-state index contributed by atoms with van der Waals surface area (Å²) in [4.78, 5) is 2.60. The van der Waals surface area contributed by atoms with Crippen molar-refractivity contribution in [2.75, 3.05) is 19.6 Å². The molecule has 0 saturated carbocycles. The molecule has 1 fully saturated rings. The average Bonchev–Trinajstić information content (AvgIpc) is 3.18. The van der Waals surface area contributed by atoms with Gasteiger partial charge in [0, 0.05) is 30.8 Å². The molecule has 1 aliphatic rings. The standard InChI is InChI=1S/C26H35N3/c1(2-9-18-29-21-14-24-12-6-7-13-26(24)29)8-17-27-25-15-19-28(20-16-25)22-23-10-4-3-5-11-23/h3-7,10-14,21,25,27H,1-2,8-9,15-20,22H2. The zero-order chi connectivity index (χ0) is 19.7. The number of benzene rings is 2. The highest BCUT2D eigenvalue weighted by Crippen LogP contribution is 2.16. The van der Waals surface area contributed by atoms with Crippen LogP contribution in [-0.4, -0.2) is 35.1 Å². The third-order valence-corrected chi connectivity index (χ3v) is 6.28. The Bertz CT molecular complexity index is 847. The number of hydrogen-bond acceptors (Lipinski definition) is 2. The molecule has 2 heterocycles. The minimum Gasteiger partial charge on any atom is -0.347 e. The fourth-order valence-corrected chi connectivity index (χ4v) is 4.54. The minimum absolute atomic E-state index is 0.716. The van der Waals surface area contributed by atoms with Crippen molar-refractivity contribution in [2.45, 2.75) is 57.7 Å². The van der Waals surface area contributed by atoms with Gasteiger partial charge in [0.25, 0.3) is 0 Å². The van der Waals surface area contributed by atoms with E-state index in [-0.39, 0.29) is 0 Å². The van der Waals surface area contributed by atoms with Gasteiger partial charge in [0.1, 0.15) is 0 Å². The summed E-state index contributed by atoms with van der Waals surface area (Å²) < 4.78 is 2.40. The maximum Gasteiger partial charge on any atom is 0.0480 e. The van der Waals surface area contributed by atoms with Crippen molar-refractivity contribution in [1.29, 1.82) is 0 Å². The highest BCUT2D eigenvalue weighted by atomic mass is 15.1. The van der Waals surface area contributed by atoms with E-state index < -0.39 is 0 Å². The molecule has 0 unspecified atom stereocenters. The number of aromatic nitrogens is 1. The van der Waals surface area contributed by atoms with Gasteiger partial charge in [-0.15, -0.1) is 0 Å². The van der Waals surface area contributed by atoms with Crippen molar-refractivity contribution < 1.29 is 0 Å². The first kappa shape index (κ1) is 20.2. The Morgan fingerprint density at radius 3 is 2.41 bits per heavy atom. The molecule has 0 spiro atoms. The van der Waals surface area contributed by atoms with Crippen LogP contribution in [0.1, 0.15) is 44.1 Å². The molecule has 1 aromatic heterocycles. The summed E-state index contributed by atoms with van der Waals surface area (Å²) >= 11 is 0. The number of piperidine rings is 1. The smallest absolute Gasteiger partial charge is 0.0480 e. The van der Waals surface area contributed by atoms with E-state index in [9.17, 15) is 0 Å². The SMILES string of the molecule is c1ccc(CN2CCC(NCCCCCCn3ccc4ccccc43)CC2)cc1. The normalized spacial score (nSPS) is 15.9. The number of nitrogens with one attached hydrogen (secondary N) is 1. The van der Waals surface area contributed by atoms with Crippen LogP contribution >= 0.6 is 0 Å². The predicted octanol–water partition coefficient (Wildman–Crippen LogP) is 5.46. The van der Waals surface area contributed by atoms with E-state index in [1.54, 1.807) is 0 Å². The molecule has 0 aliphatic carbocycles. The zero-order valence-corrected chi connectivity index (χ0v) is 17.6. The van der Waals surface area contributed by atoms with Gasteiger partial charge in [0.05, 0.1) is 0 Å². The summed E-state index contributed by atoms with van der Waals surface area (Å²) in [7, 11) is 0. The molecule has 3 nitrogen and oxygen atoms in total. The fraction of sp³-hybridized carbons (Fsp3) is 0.462. The van der Waals surface area contributed by atoms with Crippen molar-refractivity contribution in [2.24, 2.45) is 0 Å². The summed E-state index contributed by atoms with van der Waals surface area (Å²) in [5.41, 5.74) is 2.81. The molecule has 29 heavy (non-hydrogen) atoms. The van der Waals surface area contributed by atoms with Gasteiger partial charge in [-0.05, 0) is 68.4 Å². The topological polar surface area (TPSA) is 20.2 Å². The third-order valence-electron chi connectivity index (χ3n) is 6.28. The van der Waals surface area contributed by atoms with Crippen LogP contribution in [0, 0.1) is 0 Å². The molecule has 3 heteroatoms. The third kappa shape index (κ3) is 5.94. The van der Waals surface area contributed by atoms with Crippen LogP contribution in [-0.2, 0) is 13.1 Å². The minimum atomic E-state index is 0.716. The molecule has 1 saturated heterocycles. The van der Waals surface area contributed by atoms with E-state index in [4.69, 9.17) is 0 Å². The quantitative estimate of drug-likeness (QED) is 0.465. The molecule has 0 amide bonds. The van der Waals surface area contributed by atoms with Crippen LogP contribution in [0.2, 0.25) is 0 Å². The van der Waals surface area contributed by atoms with Gasteiger partial charge in [0.15, 0.2) is 0 Å². The molecule has 3 aromatic rings. The van der Waals surface area contributed by atoms with Crippen LogP contribution in [0.4, 0.5) is 0 Å². The Hall–Kier alpha value is -2.10. The number of hydrogen-bond donors (Lipinski definition) is 1. The molecule has 0 radical (unpaired) electrons. The number of rotatable bonds is 10. The van der Waals surface area contributed by atoms with Gasteiger partial charge in [0.2, 0.25) is 0 Å². The van der Waals surface area contributed by atoms with Crippen LogP contribution < -0.4 is 5.32 Å². The number of aryl methyl sites for hydroxylation is 1. The van der Waals surface area contributed by atoms with E-state index in [1.807, 2.05) is 0 Å². The maximum atomic E-state index is 3.80. The highest BCUT2D eigenvalue weighted by molar-refractivity contribution is 5.79. The number of fused-ring (bicyclic) bond motifs is 1. The zero-order valence-electron chi connectivity index (χ0n) is 17.6. The number of likely N-dealkylation sites (tertiary alicyclic amines) is 1. The molecule has 154 valence electrons. The summed E-state index contributed by atoms with van der Waals surface area (Å²) in [5, 5.41) is 5.16. The van der Waals surface area contributed by atoms with Crippen molar-refractivity contribution in [3.8, 4) is 0 Å². The molecule has 0 bridgehead atoms. The van der Waals surface area contributed by atoms with E-state index in [1.165, 1.54) is 74.6 Å². The maximum absolute atomic E-state index is 3.80. The van der Waals surface area contributed by atoms with Crippen molar-refractivity contribution in [3.63, 3.8) is 0 Å². The monoisotopic (exact) mass is 389 g/mol. The molecule has 1 aliphatic heterocycles. The van der Waals surface area contributed by atoms with Crippen LogP contribution in [0.5, 0.6) is 0 Å².